The molecule has 2 N–H and O–H groups in total. The van der Waals surface area contributed by atoms with Gasteiger partial charge in [-0.3, -0.25) is 0 Å². The summed E-state index contributed by atoms with van der Waals surface area (Å²) in [6.45, 7) is 2.73. The number of rotatable bonds is 8. The van der Waals surface area contributed by atoms with Crippen molar-refractivity contribution in [2.75, 3.05) is 13.7 Å². The van der Waals surface area contributed by atoms with Crippen LogP contribution in [0.5, 0.6) is 23.0 Å². The number of benzene rings is 3. The molecule has 0 fully saturated rings. The summed E-state index contributed by atoms with van der Waals surface area (Å²) in [7, 11) is 1.53. The molecular weight excluding hydrogens is 444 g/mol. The topological polar surface area (TPSA) is 104 Å². The summed E-state index contributed by atoms with van der Waals surface area (Å²) >= 11 is 0. The van der Waals surface area contributed by atoms with Gasteiger partial charge >= 0.3 is 5.97 Å². The van der Waals surface area contributed by atoms with Crippen LogP contribution in [0.4, 0.5) is 0 Å². The highest BCUT2D eigenvalue weighted by Gasteiger charge is 2.31. The fraction of sp³-hybridized carbons (Fsp3) is 0.214. The summed E-state index contributed by atoms with van der Waals surface area (Å²) in [5.74, 6) is 1.03. The van der Waals surface area contributed by atoms with Gasteiger partial charge in [0.05, 0.1) is 25.2 Å². The number of nitrogens with zero attached hydrogens (tertiary/aromatic N) is 1. The van der Waals surface area contributed by atoms with E-state index in [1.807, 2.05) is 24.3 Å². The zero-order valence-corrected chi connectivity index (χ0v) is 19.6. The Balaban J connectivity index is 1.64. The molecule has 0 amide bonds. The number of hydrogen-bond acceptors (Lipinski definition) is 7. The smallest absolute Gasteiger partial charge is 0.343 e. The predicted molar refractivity (Wildman–Crippen MR) is 131 cm³/mol. The highest BCUT2D eigenvalue weighted by atomic mass is 16.5. The van der Waals surface area contributed by atoms with Gasteiger partial charge in [0.15, 0.2) is 0 Å². The number of hydrogen-bond donors (Lipinski definition) is 1. The van der Waals surface area contributed by atoms with Crippen LogP contribution in [0.25, 0.3) is 0 Å². The van der Waals surface area contributed by atoms with E-state index in [1.165, 1.54) is 7.11 Å². The van der Waals surface area contributed by atoms with E-state index in [2.05, 4.69) is 13.0 Å². The predicted octanol–water partition coefficient (Wildman–Crippen LogP) is 5.31. The van der Waals surface area contributed by atoms with Gasteiger partial charge in [0.25, 0.3) is 0 Å². The number of carbonyl (C=O) groups excluding carboxylic acids is 1. The Kier molecular flexibility index (Phi) is 7.22. The lowest BCUT2D eigenvalue weighted by Crippen LogP contribution is -2.21. The van der Waals surface area contributed by atoms with Gasteiger partial charge in [0.2, 0.25) is 5.88 Å². The van der Waals surface area contributed by atoms with Crippen LogP contribution >= 0.6 is 0 Å². The molecule has 0 radical (unpaired) electrons. The molecule has 178 valence electrons. The molecule has 0 bridgehead atoms. The molecule has 0 saturated carbocycles. The molecule has 1 unspecified atom stereocenters. The molecule has 0 spiro atoms. The van der Waals surface area contributed by atoms with Gasteiger partial charge in [-0.2, -0.15) is 5.26 Å². The Bertz CT molecular complexity index is 1310. The largest absolute Gasteiger partial charge is 0.497 e. The minimum atomic E-state index is -0.533. The van der Waals surface area contributed by atoms with Gasteiger partial charge in [-0.1, -0.05) is 37.6 Å². The second-order valence-electron chi connectivity index (χ2n) is 8.02. The van der Waals surface area contributed by atoms with Gasteiger partial charge in [0, 0.05) is 11.6 Å². The maximum atomic E-state index is 12.6. The van der Waals surface area contributed by atoms with Crippen LogP contribution in [0.1, 0.15) is 47.2 Å². The van der Waals surface area contributed by atoms with Crippen molar-refractivity contribution < 1.29 is 23.7 Å². The lowest BCUT2D eigenvalue weighted by atomic mass is 9.83. The maximum Gasteiger partial charge on any atom is 0.343 e. The number of allylic oxidation sites excluding steroid dienone is 1. The number of ether oxygens (including phenoxy) is 4. The molecular formula is C28H26N2O5. The Morgan fingerprint density at radius 1 is 1.06 bits per heavy atom. The lowest BCUT2D eigenvalue weighted by Gasteiger charge is -2.27. The Hall–Kier alpha value is -4.44. The molecule has 1 aliphatic rings. The van der Waals surface area contributed by atoms with Gasteiger partial charge in [-0.25, -0.2) is 4.79 Å². The lowest BCUT2D eigenvalue weighted by molar-refractivity contribution is 0.0734. The van der Waals surface area contributed by atoms with E-state index in [9.17, 15) is 10.1 Å². The standard InChI is InChI=1S/C28H26N2O5/c1-3-4-13-33-21-10-5-7-18(14-21)26-23-12-11-22(16-25(23)35-27(30)24(26)17-29)34-28(31)19-8-6-9-20(15-19)32-2/h5-12,14-16,26H,3-4,13,30H2,1-2H3. The van der Waals surface area contributed by atoms with E-state index in [0.29, 0.717) is 35.0 Å². The van der Waals surface area contributed by atoms with Crippen LogP contribution in [0.2, 0.25) is 0 Å². The third-order valence-corrected chi connectivity index (χ3v) is 5.66. The average Bonchev–Trinajstić information content (AvgIpc) is 2.88. The number of carbonyl (C=O) groups is 1. The number of fused-ring (bicyclic) bond motifs is 1. The van der Waals surface area contributed by atoms with Gasteiger partial charge in [-0.05, 0) is 48.4 Å². The first-order valence-electron chi connectivity index (χ1n) is 11.3. The van der Waals surface area contributed by atoms with Crippen LogP contribution in [-0.2, 0) is 0 Å². The molecule has 4 rings (SSSR count). The molecule has 1 aliphatic heterocycles. The summed E-state index contributed by atoms with van der Waals surface area (Å²) in [6, 6.07) is 21.6. The molecule has 7 heteroatoms. The quantitative estimate of drug-likeness (QED) is 0.270. The van der Waals surface area contributed by atoms with Crippen LogP contribution in [0.3, 0.4) is 0 Å². The molecule has 3 aromatic rings. The molecule has 0 aliphatic carbocycles. The molecule has 0 saturated heterocycles. The second kappa shape index (κ2) is 10.7. The third kappa shape index (κ3) is 5.22. The van der Waals surface area contributed by atoms with E-state index in [-0.39, 0.29) is 5.88 Å². The molecule has 35 heavy (non-hydrogen) atoms. The molecule has 3 aromatic carbocycles. The normalized spacial score (nSPS) is 14.4. The van der Waals surface area contributed by atoms with E-state index in [1.54, 1.807) is 42.5 Å². The summed E-state index contributed by atoms with van der Waals surface area (Å²) in [6.07, 6.45) is 1.99. The zero-order chi connectivity index (χ0) is 24.8. The SMILES string of the molecule is CCCCOc1cccc(C2C(C#N)=C(N)Oc3cc(OC(=O)c4cccc(OC)c4)ccc32)c1. The summed E-state index contributed by atoms with van der Waals surface area (Å²) in [5, 5.41) is 9.83. The van der Waals surface area contributed by atoms with Crippen molar-refractivity contribution in [2.45, 2.75) is 25.7 Å². The van der Waals surface area contributed by atoms with Crippen LogP contribution in [-0.4, -0.2) is 19.7 Å². The first-order chi connectivity index (χ1) is 17.0. The first kappa shape index (κ1) is 23.7. The summed E-state index contributed by atoms with van der Waals surface area (Å²) in [4.78, 5) is 12.6. The molecule has 1 atom stereocenters. The fourth-order valence-electron chi connectivity index (χ4n) is 3.88. The first-order valence-corrected chi connectivity index (χ1v) is 11.3. The van der Waals surface area contributed by atoms with Crippen molar-refractivity contribution >= 4 is 5.97 Å². The molecule has 7 nitrogen and oxygen atoms in total. The number of esters is 1. The van der Waals surface area contributed by atoms with Crippen molar-refractivity contribution in [3.05, 3.63) is 94.9 Å². The number of nitrogens with two attached hydrogens (primary N) is 1. The van der Waals surface area contributed by atoms with Gasteiger partial charge in [-0.15, -0.1) is 0 Å². The maximum absolute atomic E-state index is 12.6. The number of methoxy groups -OCH3 is 1. The van der Waals surface area contributed by atoms with E-state index >= 15 is 0 Å². The van der Waals surface area contributed by atoms with Gasteiger partial charge in [0.1, 0.15) is 34.6 Å². The Labute approximate surface area is 204 Å². The minimum absolute atomic E-state index is 0.0126. The van der Waals surface area contributed by atoms with Crippen molar-refractivity contribution in [3.63, 3.8) is 0 Å². The fourth-order valence-corrected chi connectivity index (χ4v) is 3.88. The van der Waals surface area contributed by atoms with E-state index < -0.39 is 11.9 Å². The number of nitriles is 1. The second-order valence-corrected chi connectivity index (χ2v) is 8.02. The van der Waals surface area contributed by atoms with E-state index in [4.69, 9.17) is 24.7 Å². The van der Waals surface area contributed by atoms with Crippen LogP contribution in [0, 0.1) is 11.3 Å². The Morgan fingerprint density at radius 3 is 2.63 bits per heavy atom. The van der Waals surface area contributed by atoms with Crippen molar-refractivity contribution in [1.82, 2.24) is 0 Å². The average molecular weight is 471 g/mol. The van der Waals surface area contributed by atoms with Crippen molar-refractivity contribution in [1.29, 1.82) is 5.26 Å². The minimum Gasteiger partial charge on any atom is -0.497 e. The Morgan fingerprint density at radius 2 is 1.86 bits per heavy atom. The summed E-state index contributed by atoms with van der Waals surface area (Å²) < 4.78 is 22.3. The van der Waals surface area contributed by atoms with Crippen molar-refractivity contribution in [3.8, 4) is 29.1 Å². The van der Waals surface area contributed by atoms with Gasteiger partial charge < -0.3 is 24.7 Å². The number of unbranched alkanes of at least 4 members (excludes halogenated alkanes) is 1. The molecule has 1 heterocycles. The van der Waals surface area contributed by atoms with Crippen LogP contribution < -0.4 is 24.7 Å². The zero-order valence-electron chi connectivity index (χ0n) is 19.6. The van der Waals surface area contributed by atoms with E-state index in [0.717, 1.165) is 29.7 Å². The van der Waals surface area contributed by atoms with Crippen molar-refractivity contribution in [2.24, 2.45) is 5.73 Å². The highest BCUT2D eigenvalue weighted by Crippen LogP contribution is 2.44. The third-order valence-electron chi connectivity index (χ3n) is 5.66. The summed E-state index contributed by atoms with van der Waals surface area (Å²) in [5.41, 5.74) is 8.38. The highest BCUT2D eigenvalue weighted by molar-refractivity contribution is 5.91. The monoisotopic (exact) mass is 470 g/mol. The van der Waals surface area contributed by atoms with Crippen LogP contribution in [0.15, 0.2) is 78.2 Å². The molecule has 0 aromatic heterocycles.